The molecule has 0 aliphatic heterocycles. The molecule has 140 valence electrons. The van der Waals surface area contributed by atoms with E-state index in [1.165, 1.54) is 12.1 Å². The van der Waals surface area contributed by atoms with Crippen molar-refractivity contribution in [2.75, 3.05) is 27.2 Å². The summed E-state index contributed by atoms with van der Waals surface area (Å²) in [4.78, 5) is 6.56. The Labute approximate surface area is 154 Å². The standard InChI is InChI=1S/C20H26FN3O2/c1-4-22-20(24(2)14-15-6-5-7-17(21)12-15)23-11-10-16-8-9-18(26-3)13-19(16)25/h5-9,12-13,25H,4,10-11,14H2,1-3H3,(H,22,23). The molecule has 6 heteroatoms. The minimum Gasteiger partial charge on any atom is -0.508 e. The van der Waals surface area contributed by atoms with Crippen LogP contribution in [-0.2, 0) is 13.0 Å². The lowest BCUT2D eigenvalue weighted by molar-refractivity contribution is 0.406. The molecule has 0 amide bonds. The number of phenols is 1. The largest absolute Gasteiger partial charge is 0.508 e. The highest BCUT2D eigenvalue weighted by molar-refractivity contribution is 5.79. The zero-order valence-corrected chi connectivity index (χ0v) is 15.5. The highest BCUT2D eigenvalue weighted by atomic mass is 19.1. The SMILES string of the molecule is CCNC(=NCCc1ccc(OC)cc1O)N(C)Cc1cccc(F)c1. The van der Waals surface area contributed by atoms with Crippen molar-refractivity contribution >= 4 is 5.96 Å². The summed E-state index contributed by atoms with van der Waals surface area (Å²) in [5.41, 5.74) is 1.70. The Bertz CT molecular complexity index is 750. The van der Waals surface area contributed by atoms with E-state index in [0.29, 0.717) is 25.3 Å². The maximum Gasteiger partial charge on any atom is 0.193 e. The van der Waals surface area contributed by atoms with Gasteiger partial charge in [-0.05, 0) is 42.7 Å². The van der Waals surface area contributed by atoms with E-state index < -0.39 is 0 Å². The van der Waals surface area contributed by atoms with Crippen molar-refractivity contribution in [1.29, 1.82) is 0 Å². The number of rotatable bonds is 7. The van der Waals surface area contributed by atoms with Crippen molar-refractivity contribution in [3.63, 3.8) is 0 Å². The zero-order valence-electron chi connectivity index (χ0n) is 15.5. The fourth-order valence-corrected chi connectivity index (χ4v) is 2.62. The van der Waals surface area contributed by atoms with E-state index in [-0.39, 0.29) is 11.6 Å². The fraction of sp³-hybridized carbons (Fsp3) is 0.350. The van der Waals surface area contributed by atoms with Crippen molar-refractivity contribution in [2.24, 2.45) is 4.99 Å². The van der Waals surface area contributed by atoms with Gasteiger partial charge in [-0.1, -0.05) is 18.2 Å². The number of guanidine groups is 1. The van der Waals surface area contributed by atoms with Crippen LogP contribution in [0.1, 0.15) is 18.1 Å². The number of phenolic OH excluding ortho intramolecular Hbond substituents is 1. The topological polar surface area (TPSA) is 57.1 Å². The van der Waals surface area contributed by atoms with Crippen LogP contribution in [0, 0.1) is 5.82 Å². The van der Waals surface area contributed by atoms with Gasteiger partial charge in [-0.15, -0.1) is 0 Å². The summed E-state index contributed by atoms with van der Waals surface area (Å²) in [6, 6.07) is 11.8. The number of nitrogens with zero attached hydrogens (tertiary/aromatic N) is 2. The van der Waals surface area contributed by atoms with Crippen LogP contribution in [0.3, 0.4) is 0 Å². The number of hydrogen-bond donors (Lipinski definition) is 2. The second kappa shape index (κ2) is 9.65. The van der Waals surface area contributed by atoms with Crippen LogP contribution in [0.2, 0.25) is 0 Å². The number of ether oxygens (including phenoxy) is 1. The molecule has 2 rings (SSSR count). The maximum atomic E-state index is 13.4. The fourth-order valence-electron chi connectivity index (χ4n) is 2.62. The van der Waals surface area contributed by atoms with Gasteiger partial charge in [-0.3, -0.25) is 4.99 Å². The Morgan fingerprint density at radius 1 is 1.27 bits per heavy atom. The molecule has 0 saturated heterocycles. The van der Waals surface area contributed by atoms with Crippen LogP contribution >= 0.6 is 0 Å². The molecule has 2 aromatic carbocycles. The highest BCUT2D eigenvalue weighted by Crippen LogP contribution is 2.23. The summed E-state index contributed by atoms with van der Waals surface area (Å²) >= 11 is 0. The van der Waals surface area contributed by atoms with Gasteiger partial charge in [0.15, 0.2) is 5.96 Å². The number of benzene rings is 2. The predicted molar refractivity (Wildman–Crippen MR) is 102 cm³/mol. The molecule has 0 radical (unpaired) electrons. The van der Waals surface area contributed by atoms with Crippen LogP contribution in [0.25, 0.3) is 0 Å². The van der Waals surface area contributed by atoms with Crippen LogP contribution in [-0.4, -0.2) is 43.2 Å². The number of halogens is 1. The lowest BCUT2D eigenvalue weighted by atomic mass is 10.1. The Morgan fingerprint density at radius 3 is 2.73 bits per heavy atom. The summed E-state index contributed by atoms with van der Waals surface area (Å²) < 4.78 is 18.4. The second-order valence-electron chi connectivity index (χ2n) is 5.97. The molecule has 0 aliphatic rings. The molecule has 0 heterocycles. The summed E-state index contributed by atoms with van der Waals surface area (Å²) in [6.45, 7) is 3.81. The van der Waals surface area contributed by atoms with Crippen molar-refractivity contribution < 1.29 is 14.2 Å². The number of methoxy groups -OCH3 is 1. The third kappa shape index (κ3) is 5.65. The molecule has 0 saturated carbocycles. The first-order valence-electron chi connectivity index (χ1n) is 8.63. The lowest BCUT2D eigenvalue weighted by Crippen LogP contribution is -2.38. The van der Waals surface area contributed by atoms with Gasteiger partial charge < -0.3 is 20.1 Å². The van der Waals surface area contributed by atoms with Crippen molar-refractivity contribution in [3.8, 4) is 11.5 Å². The van der Waals surface area contributed by atoms with Crippen molar-refractivity contribution in [2.45, 2.75) is 19.9 Å². The van der Waals surface area contributed by atoms with E-state index in [1.807, 2.05) is 37.1 Å². The van der Waals surface area contributed by atoms with Crippen molar-refractivity contribution in [3.05, 3.63) is 59.4 Å². The van der Waals surface area contributed by atoms with Crippen LogP contribution in [0.5, 0.6) is 11.5 Å². The van der Waals surface area contributed by atoms with E-state index in [1.54, 1.807) is 19.2 Å². The average molecular weight is 359 g/mol. The van der Waals surface area contributed by atoms with Gasteiger partial charge in [0.2, 0.25) is 0 Å². The summed E-state index contributed by atoms with van der Waals surface area (Å²) in [6.07, 6.45) is 0.610. The lowest BCUT2D eigenvalue weighted by Gasteiger charge is -2.22. The molecule has 2 N–H and O–H groups in total. The van der Waals surface area contributed by atoms with Gasteiger partial charge in [-0.25, -0.2) is 4.39 Å². The number of nitrogens with one attached hydrogen (secondary N) is 1. The quantitative estimate of drug-likeness (QED) is 0.589. The first-order valence-corrected chi connectivity index (χ1v) is 8.63. The van der Waals surface area contributed by atoms with Crippen LogP contribution in [0.4, 0.5) is 4.39 Å². The predicted octanol–water partition coefficient (Wildman–Crippen LogP) is 3.18. The molecular weight excluding hydrogens is 333 g/mol. The molecule has 26 heavy (non-hydrogen) atoms. The van der Waals surface area contributed by atoms with E-state index in [2.05, 4.69) is 10.3 Å². The van der Waals surface area contributed by atoms with Gasteiger partial charge in [-0.2, -0.15) is 0 Å². The molecule has 0 spiro atoms. The third-order valence-corrected chi connectivity index (χ3v) is 3.94. The molecule has 0 unspecified atom stereocenters. The van der Waals surface area contributed by atoms with Gasteiger partial charge in [0.1, 0.15) is 17.3 Å². The Balaban J connectivity index is 2.01. The zero-order chi connectivity index (χ0) is 18.9. The minimum atomic E-state index is -0.243. The molecule has 0 atom stereocenters. The first-order chi connectivity index (χ1) is 12.5. The minimum absolute atomic E-state index is 0.206. The molecule has 0 aliphatic carbocycles. The number of aliphatic imine (C=N–C) groups is 1. The molecule has 0 bridgehead atoms. The molecule has 2 aromatic rings. The average Bonchev–Trinajstić information content (AvgIpc) is 2.62. The van der Waals surface area contributed by atoms with Crippen LogP contribution < -0.4 is 10.1 Å². The van der Waals surface area contributed by atoms with Gasteiger partial charge in [0.05, 0.1) is 7.11 Å². The van der Waals surface area contributed by atoms with Gasteiger partial charge in [0, 0.05) is 32.7 Å². The third-order valence-electron chi connectivity index (χ3n) is 3.94. The maximum absolute atomic E-state index is 13.4. The normalized spacial score (nSPS) is 11.3. The van der Waals surface area contributed by atoms with E-state index in [4.69, 9.17) is 4.74 Å². The Kier molecular flexibility index (Phi) is 7.26. The molecular formula is C20H26FN3O2. The van der Waals surface area contributed by atoms with Crippen LogP contribution in [0.15, 0.2) is 47.5 Å². The Morgan fingerprint density at radius 2 is 2.08 bits per heavy atom. The summed E-state index contributed by atoms with van der Waals surface area (Å²) in [7, 11) is 3.48. The molecule has 5 nitrogen and oxygen atoms in total. The highest BCUT2D eigenvalue weighted by Gasteiger charge is 2.08. The summed E-state index contributed by atoms with van der Waals surface area (Å²) in [5, 5.41) is 13.3. The van der Waals surface area contributed by atoms with E-state index in [0.717, 1.165) is 23.6 Å². The number of hydrogen-bond acceptors (Lipinski definition) is 3. The van der Waals surface area contributed by atoms with Gasteiger partial charge >= 0.3 is 0 Å². The van der Waals surface area contributed by atoms with E-state index in [9.17, 15) is 9.50 Å². The molecule has 0 aromatic heterocycles. The van der Waals surface area contributed by atoms with Gasteiger partial charge in [0.25, 0.3) is 0 Å². The molecule has 0 fully saturated rings. The monoisotopic (exact) mass is 359 g/mol. The number of aromatic hydroxyl groups is 1. The second-order valence-corrected chi connectivity index (χ2v) is 5.97. The Hall–Kier alpha value is -2.76. The van der Waals surface area contributed by atoms with E-state index >= 15 is 0 Å². The smallest absolute Gasteiger partial charge is 0.193 e. The first kappa shape index (κ1) is 19.6. The summed E-state index contributed by atoms with van der Waals surface area (Å²) in [5.74, 6) is 1.33. The van der Waals surface area contributed by atoms with Crippen molar-refractivity contribution in [1.82, 2.24) is 10.2 Å².